The summed E-state index contributed by atoms with van der Waals surface area (Å²) < 4.78 is 42.5. The van der Waals surface area contributed by atoms with Gasteiger partial charge in [0.25, 0.3) is 5.91 Å². The molecule has 0 saturated heterocycles. The van der Waals surface area contributed by atoms with Crippen molar-refractivity contribution >= 4 is 11.9 Å². The van der Waals surface area contributed by atoms with Crippen LogP contribution in [0.1, 0.15) is 11.3 Å². The highest BCUT2D eigenvalue weighted by Crippen LogP contribution is 2.26. The monoisotopic (exact) mass is 492 g/mol. The van der Waals surface area contributed by atoms with Crippen LogP contribution in [0.15, 0.2) is 48.8 Å². The van der Waals surface area contributed by atoms with Crippen LogP contribution >= 0.6 is 0 Å². The van der Waals surface area contributed by atoms with Crippen LogP contribution in [0.25, 0.3) is 11.3 Å². The fourth-order valence-electron chi connectivity index (χ4n) is 3.38. The average Bonchev–Trinajstić information content (AvgIpc) is 3.14. The van der Waals surface area contributed by atoms with E-state index in [0.717, 1.165) is 35.5 Å². The van der Waals surface area contributed by atoms with E-state index in [1.54, 1.807) is 25.4 Å². The zero-order valence-corrected chi connectivity index (χ0v) is 18.7. The Hall–Kier alpha value is -4.09. The van der Waals surface area contributed by atoms with E-state index >= 15 is 0 Å². The van der Waals surface area contributed by atoms with Crippen LogP contribution in [0.3, 0.4) is 0 Å². The number of pyridine rings is 1. The first kappa shape index (κ1) is 25.5. The van der Waals surface area contributed by atoms with E-state index in [1.165, 1.54) is 5.56 Å². The maximum atomic E-state index is 12.6. The molecule has 9 nitrogen and oxygen atoms in total. The highest BCUT2D eigenvalue weighted by Gasteiger charge is 2.38. The van der Waals surface area contributed by atoms with E-state index in [0.29, 0.717) is 18.8 Å². The minimum Gasteiger partial charge on any atom is -0.497 e. The highest BCUT2D eigenvalue weighted by atomic mass is 19.4. The third-order valence-corrected chi connectivity index (χ3v) is 5.17. The molecule has 186 valence electrons. The van der Waals surface area contributed by atoms with Gasteiger partial charge in [-0.2, -0.15) is 18.3 Å². The Kier molecular flexibility index (Phi) is 8.29. The van der Waals surface area contributed by atoms with Gasteiger partial charge in [0.1, 0.15) is 11.5 Å². The first-order valence-corrected chi connectivity index (χ1v) is 10.5. The number of methoxy groups -OCH3 is 1. The van der Waals surface area contributed by atoms with Gasteiger partial charge in [0.2, 0.25) is 0 Å². The molecule has 0 radical (unpaired) electrons. The Bertz CT molecular complexity index is 1130. The molecule has 2 aromatic heterocycles. The number of fused-ring (bicyclic) bond motifs is 1. The van der Waals surface area contributed by atoms with Crippen molar-refractivity contribution in [3.63, 3.8) is 0 Å². The molecule has 1 aromatic carbocycles. The first-order chi connectivity index (χ1) is 16.7. The molecule has 1 amide bonds. The summed E-state index contributed by atoms with van der Waals surface area (Å²) in [6.07, 6.45) is -0.0216. The number of hydrogen-bond acceptors (Lipinski definition) is 6. The normalized spacial score (nSPS) is 13.1. The number of ether oxygens (including phenoxy) is 2. The molecule has 4 rings (SSSR count). The van der Waals surface area contributed by atoms with E-state index < -0.39 is 12.1 Å². The van der Waals surface area contributed by atoms with Crippen molar-refractivity contribution in [2.45, 2.75) is 19.0 Å². The van der Waals surface area contributed by atoms with Gasteiger partial charge in [-0.15, -0.1) is 0 Å². The fourth-order valence-corrected chi connectivity index (χ4v) is 3.38. The number of alkyl halides is 3. The molecule has 0 spiro atoms. The predicted molar refractivity (Wildman–Crippen MR) is 118 cm³/mol. The zero-order chi connectivity index (χ0) is 25.4. The number of carboxylic acids is 1. The second-order valence-corrected chi connectivity index (χ2v) is 7.42. The predicted octanol–water partition coefficient (Wildman–Crippen LogP) is 3.12. The Morgan fingerprint density at radius 3 is 2.37 bits per heavy atom. The van der Waals surface area contributed by atoms with Crippen molar-refractivity contribution in [1.82, 2.24) is 20.1 Å². The number of aromatic amines is 1. The lowest BCUT2D eigenvalue weighted by atomic mass is 10.0. The summed E-state index contributed by atoms with van der Waals surface area (Å²) in [4.78, 5) is 27.5. The number of rotatable bonds is 5. The summed E-state index contributed by atoms with van der Waals surface area (Å²) in [6, 6.07) is 11.1. The van der Waals surface area contributed by atoms with Crippen LogP contribution in [-0.4, -0.2) is 70.0 Å². The molecule has 0 unspecified atom stereocenters. The van der Waals surface area contributed by atoms with Gasteiger partial charge in [-0.25, -0.2) is 4.79 Å². The number of H-pyrrole nitrogens is 1. The number of halogens is 3. The summed E-state index contributed by atoms with van der Waals surface area (Å²) in [5.41, 5.74) is 4.17. The molecule has 0 bridgehead atoms. The lowest BCUT2D eigenvalue weighted by molar-refractivity contribution is -0.192. The van der Waals surface area contributed by atoms with E-state index in [4.69, 9.17) is 19.4 Å². The fraction of sp³-hybridized carbons (Fsp3) is 0.304. The summed E-state index contributed by atoms with van der Waals surface area (Å²) in [5.74, 6) is -1.37. The van der Waals surface area contributed by atoms with Crippen molar-refractivity contribution in [3.8, 4) is 22.8 Å². The number of carbonyl (C=O) groups excluding carboxylic acids is 1. The Morgan fingerprint density at radius 1 is 1.11 bits per heavy atom. The molecule has 12 heteroatoms. The van der Waals surface area contributed by atoms with E-state index in [1.807, 2.05) is 35.4 Å². The smallest absolute Gasteiger partial charge is 0.490 e. The number of aromatic nitrogens is 3. The van der Waals surface area contributed by atoms with E-state index in [9.17, 15) is 18.0 Å². The Balaban J connectivity index is 0.000000429. The topological polar surface area (TPSA) is 118 Å². The quantitative estimate of drug-likeness (QED) is 0.562. The largest absolute Gasteiger partial charge is 0.497 e. The van der Waals surface area contributed by atoms with Crippen LogP contribution < -0.4 is 9.47 Å². The molecule has 35 heavy (non-hydrogen) atoms. The van der Waals surface area contributed by atoms with Gasteiger partial charge in [-0.3, -0.25) is 14.9 Å². The van der Waals surface area contributed by atoms with E-state index in [-0.39, 0.29) is 12.5 Å². The van der Waals surface area contributed by atoms with Crippen molar-refractivity contribution in [3.05, 3.63) is 60.0 Å². The van der Waals surface area contributed by atoms with Gasteiger partial charge in [0.05, 0.1) is 12.8 Å². The lowest BCUT2D eigenvalue weighted by Gasteiger charge is -2.20. The number of amides is 1. The second kappa shape index (κ2) is 11.4. The molecule has 0 fully saturated rings. The average molecular weight is 492 g/mol. The minimum absolute atomic E-state index is 0.0168. The Labute approximate surface area is 198 Å². The molecule has 3 aromatic rings. The van der Waals surface area contributed by atoms with Gasteiger partial charge in [-0.1, -0.05) is 0 Å². The summed E-state index contributed by atoms with van der Waals surface area (Å²) in [6.45, 7) is 1.31. The summed E-state index contributed by atoms with van der Waals surface area (Å²) in [7, 11) is 1.61. The third kappa shape index (κ3) is 6.95. The molecule has 0 aliphatic carbocycles. The molecular weight excluding hydrogens is 469 g/mol. The van der Waals surface area contributed by atoms with Crippen LogP contribution in [0, 0.1) is 0 Å². The van der Waals surface area contributed by atoms with Gasteiger partial charge in [-0.05, 0) is 42.8 Å². The van der Waals surface area contributed by atoms with Crippen molar-refractivity contribution in [2.24, 2.45) is 0 Å². The number of carbonyl (C=O) groups is 2. The lowest BCUT2D eigenvalue weighted by Crippen LogP contribution is -2.36. The van der Waals surface area contributed by atoms with Crippen LogP contribution in [-0.2, 0) is 22.4 Å². The maximum absolute atomic E-state index is 12.6. The molecule has 0 atom stereocenters. The summed E-state index contributed by atoms with van der Waals surface area (Å²) in [5, 5.41) is 14.7. The number of nitrogens with one attached hydrogen (secondary N) is 1. The third-order valence-electron chi connectivity index (χ3n) is 5.17. The number of carboxylic acid groups (broad SMARTS) is 1. The standard InChI is InChI=1S/C21H22N4O3.C2HF3O2/c1-27-16-4-6-17(7-5-16)28-14-20(26)25-11-8-18-19(9-12-25)23-24-21(18)15-3-2-10-22-13-15;3-2(4,5)1(6)7/h2-7,10,13H,8-9,11-12,14H2,1H3,(H,23,24);(H,6,7). The Morgan fingerprint density at radius 2 is 1.77 bits per heavy atom. The van der Waals surface area contributed by atoms with Crippen molar-refractivity contribution in [2.75, 3.05) is 26.8 Å². The second-order valence-electron chi connectivity index (χ2n) is 7.42. The number of benzene rings is 1. The summed E-state index contributed by atoms with van der Waals surface area (Å²) >= 11 is 0. The van der Waals surface area contributed by atoms with Crippen LogP contribution in [0.5, 0.6) is 11.5 Å². The van der Waals surface area contributed by atoms with Crippen LogP contribution in [0.2, 0.25) is 0 Å². The maximum Gasteiger partial charge on any atom is 0.490 e. The zero-order valence-electron chi connectivity index (χ0n) is 18.7. The molecule has 2 N–H and O–H groups in total. The van der Waals surface area contributed by atoms with Gasteiger partial charge < -0.3 is 19.5 Å². The minimum atomic E-state index is -5.08. The molecule has 3 heterocycles. The number of hydrogen-bond donors (Lipinski definition) is 2. The number of aliphatic carboxylic acids is 1. The SMILES string of the molecule is COc1ccc(OCC(=O)N2CCc3[nH]nc(-c4cccnc4)c3CC2)cc1.O=C(O)C(F)(F)F. The number of nitrogens with zero attached hydrogens (tertiary/aromatic N) is 3. The molecule has 0 saturated carbocycles. The van der Waals surface area contributed by atoms with Crippen molar-refractivity contribution in [1.29, 1.82) is 0 Å². The first-order valence-electron chi connectivity index (χ1n) is 10.5. The van der Waals surface area contributed by atoms with E-state index in [2.05, 4.69) is 15.2 Å². The van der Waals surface area contributed by atoms with Gasteiger partial charge >= 0.3 is 12.1 Å². The highest BCUT2D eigenvalue weighted by molar-refractivity contribution is 5.78. The van der Waals surface area contributed by atoms with Gasteiger partial charge in [0, 0.05) is 48.7 Å². The van der Waals surface area contributed by atoms with Gasteiger partial charge in [0.15, 0.2) is 6.61 Å². The van der Waals surface area contributed by atoms with Crippen LogP contribution in [0.4, 0.5) is 13.2 Å². The molecule has 1 aliphatic rings. The van der Waals surface area contributed by atoms with Crippen molar-refractivity contribution < 1.29 is 37.3 Å². The molecule has 1 aliphatic heterocycles. The molecular formula is C23H23F3N4O5.